The molecule has 0 radical (unpaired) electrons. The zero-order valence-electron chi connectivity index (χ0n) is 18.7. The molecule has 1 aliphatic heterocycles. The fraction of sp³-hybridized carbons (Fsp3) is 0.192. The second kappa shape index (κ2) is 9.09. The highest BCUT2D eigenvalue weighted by Crippen LogP contribution is 2.39. The van der Waals surface area contributed by atoms with Gasteiger partial charge in [0.05, 0.1) is 18.1 Å². The van der Waals surface area contributed by atoms with Gasteiger partial charge in [-0.25, -0.2) is 9.78 Å². The summed E-state index contributed by atoms with van der Waals surface area (Å²) in [5, 5.41) is 2.86. The van der Waals surface area contributed by atoms with Gasteiger partial charge in [-0.3, -0.25) is 9.69 Å². The molecule has 1 fully saturated rings. The molecule has 3 aromatic carbocycles. The number of nitrogens with one attached hydrogen (secondary N) is 2. The number of benzene rings is 3. The molecule has 0 bridgehead atoms. The van der Waals surface area contributed by atoms with Gasteiger partial charge >= 0.3 is 6.03 Å². The van der Waals surface area contributed by atoms with E-state index >= 15 is 0 Å². The average molecular weight is 566 g/mol. The summed E-state index contributed by atoms with van der Waals surface area (Å²) >= 11 is 2.25. The molecule has 7 nitrogen and oxygen atoms in total. The predicted molar refractivity (Wildman–Crippen MR) is 138 cm³/mol. The normalized spacial score (nSPS) is 17.6. The van der Waals surface area contributed by atoms with Gasteiger partial charge in [0.2, 0.25) is 0 Å². The van der Waals surface area contributed by atoms with Crippen LogP contribution in [-0.4, -0.2) is 33.9 Å². The largest absolute Gasteiger partial charge is 0.497 e. The fourth-order valence-electron chi connectivity index (χ4n) is 4.44. The minimum atomic E-state index is -0.769. The van der Waals surface area contributed by atoms with Crippen LogP contribution in [0.1, 0.15) is 41.9 Å². The molecule has 2 N–H and O–H groups in total. The highest BCUT2D eigenvalue weighted by Gasteiger charge is 2.46. The Kier molecular flexibility index (Phi) is 5.99. The Bertz CT molecular complexity index is 1350. The molecule has 1 saturated heterocycles. The van der Waals surface area contributed by atoms with Crippen molar-refractivity contribution in [3.05, 3.63) is 93.3 Å². The number of carbonyl (C=O) groups excluding carboxylic acids is 2. The van der Waals surface area contributed by atoms with Crippen LogP contribution in [0.5, 0.6) is 5.75 Å². The summed E-state index contributed by atoms with van der Waals surface area (Å²) in [6, 6.07) is 21.1. The Morgan fingerprint density at radius 1 is 1.03 bits per heavy atom. The lowest BCUT2D eigenvalue weighted by Crippen LogP contribution is -2.38. The molecule has 2 heterocycles. The summed E-state index contributed by atoms with van der Waals surface area (Å²) < 4.78 is 6.29. The third-order valence-electron chi connectivity index (χ3n) is 6.24. The number of imidazole rings is 1. The molecule has 0 aliphatic carbocycles. The van der Waals surface area contributed by atoms with Crippen molar-refractivity contribution in [2.75, 3.05) is 7.11 Å². The Morgan fingerprint density at radius 2 is 1.76 bits per heavy atom. The average Bonchev–Trinajstić information content (AvgIpc) is 3.40. The van der Waals surface area contributed by atoms with Crippen molar-refractivity contribution in [1.82, 2.24) is 20.2 Å². The van der Waals surface area contributed by atoms with Crippen LogP contribution in [0.3, 0.4) is 0 Å². The van der Waals surface area contributed by atoms with E-state index in [1.165, 1.54) is 4.90 Å². The van der Waals surface area contributed by atoms with E-state index in [1.54, 1.807) is 31.4 Å². The third-order valence-corrected chi connectivity index (χ3v) is 6.91. The van der Waals surface area contributed by atoms with Gasteiger partial charge in [-0.2, -0.15) is 0 Å². The van der Waals surface area contributed by atoms with E-state index in [0.29, 0.717) is 17.1 Å². The first-order valence-electron chi connectivity index (χ1n) is 10.9. The van der Waals surface area contributed by atoms with Crippen molar-refractivity contribution in [3.8, 4) is 5.75 Å². The number of nitrogens with zero attached hydrogens (tertiary/aromatic N) is 2. The van der Waals surface area contributed by atoms with Gasteiger partial charge in [-0.05, 0) is 64.0 Å². The molecule has 5 rings (SSSR count). The lowest BCUT2D eigenvalue weighted by atomic mass is 9.91. The number of imide groups is 1. The summed E-state index contributed by atoms with van der Waals surface area (Å²) in [5.74, 6) is 0.764. The number of methoxy groups -OCH3 is 1. The molecule has 34 heavy (non-hydrogen) atoms. The smallest absolute Gasteiger partial charge is 0.325 e. The van der Waals surface area contributed by atoms with Gasteiger partial charge in [-0.1, -0.05) is 49.4 Å². The number of halogens is 1. The van der Waals surface area contributed by atoms with Crippen LogP contribution in [0.25, 0.3) is 11.0 Å². The highest BCUT2D eigenvalue weighted by molar-refractivity contribution is 14.1. The van der Waals surface area contributed by atoms with Crippen LogP contribution in [0.2, 0.25) is 0 Å². The number of urea groups is 1. The number of ether oxygens (including phenoxy) is 1. The Hall–Kier alpha value is -3.40. The van der Waals surface area contributed by atoms with Crippen molar-refractivity contribution >= 4 is 45.6 Å². The zero-order valence-corrected chi connectivity index (χ0v) is 20.8. The number of fused-ring (bicyclic) bond motifs is 1. The molecule has 0 spiro atoms. The van der Waals surface area contributed by atoms with E-state index in [0.717, 1.165) is 20.2 Å². The van der Waals surface area contributed by atoms with Gasteiger partial charge in [0, 0.05) is 9.49 Å². The molecule has 1 unspecified atom stereocenters. The molecule has 1 aliphatic rings. The molecule has 3 amide bonds. The quantitative estimate of drug-likeness (QED) is 0.245. The van der Waals surface area contributed by atoms with Crippen molar-refractivity contribution in [2.24, 2.45) is 0 Å². The first kappa shape index (κ1) is 22.4. The molecule has 3 atom stereocenters. The van der Waals surface area contributed by atoms with E-state index in [4.69, 9.17) is 9.72 Å². The van der Waals surface area contributed by atoms with Crippen LogP contribution in [0.15, 0.2) is 72.8 Å². The van der Waals surface area contributed by atoms with E-state index in [2.05, 4.69) is 32.9 Å². The molecule has 0 saturated carbocycles. The van der Waals surface area contributed by atoms with Crippen LogP contribution in [0.4, 0.5) is 4.79 Å². The molecular weight excluding hydrogens is 543 g/mol. The number of hydrogen-bond donors (Lipinski definition) is 2. The molecular formula is C26H23IN4O3. The Morgan fingerprint density at radius 3 is 2.47 bits per heavy atom. The number of hydrogen-bond acceptors (Lipinski definition) is 4. The van der Waals surface area contributed by atoms with Crippen LogP contribution in [0, 0.1) is 3.57 Å². The Balaban J connectivity index is 1.57. The number of H-pyrrole nitrogens is 1. The molecule has 8 heteroatoms. The highest BCUT2D eigenvalue weighted by atomic mass is 127. The van der Waals surface area contributed by atoms with E-state index < -0.39 is 18.1 Å². The summed E-state index contributed by atoms with van der Waals surface area (Å²) in [4.78, 5) is 36.4. The van der Waals surface area contributed by atoms with Gasteiger partial charge in [0.15, 0.2) is 0 Å². The second-order valence-electron chi connectivity index (χ2n) is 8.29. The number of aromatic nitrogens is 2. The summed E-state index contributed by atoms with van der Waals surface area (Å²) in [6.45, 7) is 2.01. The molecule has 4 aromatic rings. The van der Waals surface area contributed by atoms with Crippen LogP contribution in [-0.2, 0) is 4.79 Å². The van der Waals surface area contributed by atoms with E-state index in [-0.39, 0.29) is 11.8 Å². The van der Waals surface area contributed by atoms with Crippen LogP contribution >= 0.6 is 22.6 Å². The molecule has 172 valence electrons. The number of aromatic amines is 1. The van der Waals surface area contributed by atoms with Crippen molar-refractivity contribution in [3.63, 3.8) is 0 Å². The van der Waals surface area contributed by atoms with Crippen molar-refractivity contribution < 1.29 is 14.3 Å². The maximum atomic E-state index is 13.7. The standard InChI is InChI=1S/C26H23IN4O3/c1-15(16-6-4-3-5-7-16)23(24-28-20-13-10-18(27)14-21(20)29-24)31-25(32)22(30-26(31)33)17-8-11-19(34-2)12-9-17/h3-15,22-23H,1-2H3,(H,28,29)(H,30,33)/t15-,22?,23-/m0/s1. The zero-order chi connectivity index (χ0) is 23.8. The summed E-state index contributed by atoms with van der Waals surface area (Å²) in [7, 11) is 1.59. The lowest BCUT2D eigenvalue weighted by Gasteiger charge is -2.29. The number of amides is 3. The van der Waals surface area contributed by atoms with Crippen molar-refractivity contribution in [1.29, 1.82) is 0 Å². The Labute approximate surface area is 210 Å². The topological polar surface area (TPSA) is 87.3 Å². The minimum absolute atomic E-state index is 0.190. The summed E-state index contributed by atoms with van der Waals surface area (Å²) in [6.07, 6.45) is 0. The fourth-order valence-corrected chi connectivity index (χ4v) is 4.93. The van der Waals surface area contributed by atoms with Gasteiger partial charge in [-0.15, -0.1) is 0 Å². The molecule has 1 aromatic heterocycles. The predicted octanol–water partition coefficient (Wildman–Crippen LogP) is 5.31. The van der Waals surface area contributed by atoms with Gasteiger partial charge < -0.3 is 15.0 Å². The summed E-state index contributed by atoms with van der Waals surface area (Å²) in [5.41, 5.74) is 3.37. The van der Waals surface area contributed by atoms with E-state index in [9.17, 15) is 9.59 Å². The maximum absolute atomic E-state index is 13.7. The SMILES string of the molecule is COc1ccc(C2NC(=O)N([C@H](c3nc4ccc(I)cc4[nH]3)[C@@H](C)c3ccccc3)C2=O)cc1. The van der Waals surface area contributed by atoms with Crippen LogP contribution < -0.4 is 10.1 Å². The third kappa shape index (κ3) is 4.02. The lowest BCUT2D eigenvalue weighted by molar-refractivity contribution is -0.129. The monoisotopic (exact) mass is 566 g/mol. The van der Waals surface area contributed by atoms with Crippen molar-refractivity contribution in [2.45, 2.75) is 24.9 Å². The number of carbonyl (C=O) groups is 2. The maximum Gasteiger partial charge on any atom is 0.325 e. The van der Waals surface area contributed by atoms with Gasteiger partial charge in [0.25, 0.3) is 5.91 Å². The first-order valence-corrected chi connectivity index (χ1v) is 12.0. The minimum Gasteiger partial charge on any atom is -0.497 e. The number of rotatable bonds is 6. The van der Waals surface area contributed by atoms with Gasteiger partial charge in [0.1, 0.15) is 23.7 Å². The van der Waals surface area contributed by atoms with E-state index in [1.807, 2.05) is 55.5 Å². The first-order chi connectivity index (χ1) is 16.5. The second-order valence-corrected chi connectivity index (χ2v) is 9.54.